The van der Waals surface area contributed by atoms with Crippen molar-refractivity contribution in [3.8, 4) is 17.1 Å². The minimum atomic E-state index is -3.23. The van der Waals surface area contributed by atoms with Gasteiger partial charge in [0.15, 0.2) is 9.84 Å². The van der Waals surface area contributed by atoms with E-state index in [0.717, 1.165) is 29.7 Å². The molecule has 0 saturated heterocycles. The van der Waals surface area contributed by atoms with Crippen molar-refractivity contribution in [2.45, 2.75) is 68.5 Å². The van der Waals surface area contributed by atoms with Crippen LogP contribution in [0.3, 0.4) is 0 Å². The molecule has 0 spiro atoms. The Morgan fingerprint density at radius 3 is 2.46 bits per heavy atom. The topological polar surface area (TPSA) is 112 Å². The Bertz CT molecular complexity index is 1350. The summed E-state index contributed by atoms with van der Waals surface area (Å²) in [5.41, 5.74) is 2.12. The molecule has 0 bridgehead atoms. The quantitative estimate of drug-likeness (QED) is 0.422. The van der Waals surface area contributed by atoms with Crippen molar-refractivity contribution in [3.63, 3.8) is 0 Å². The lowest BCUT2D eigenvalue weighted by Gasteiger charge is -2.23. The van der Waals surface area contributed by atoms with E-state index in [-0.39, 0.29) is 35.1 Å². The summed E-state index contributed by atoms with van der Waals surface area (Å²) in [4.78, 5) is 30.6. The van der Waals surface area contributed by atoms with Gasteiger partial charge in [-0.1, -0.05) is 24.3 Å². The lowest BCUT2D eigenvalue weighted by Crippen LogP contribution is -2.32. The monoisotopic (exact) mass is 492 g/mol. The summed E-state index contributed by atoms with van der Waals surface area (Å²) in [5.74, 6) is 0.570. The molecule has 0 amide bonds. The van der Waals surface area contributed by atoms with E-state index in [1.165, 1.54) is 6.20 Å². The zero-order chi connectivity index (χ0) is 24.6. The molecule has 35 heavy (non-hydrogen) atoms. The minimum Gasteiger partial charge on any atom is -0.473 e. The number of benzene rings is 1. The molecule has 2 heterocycles. The Hall–Kier alpha value is -3.20. The first-order valence-electron chi connectivity index (χ1n) is 11.9. The Balaban J connectivity index is 1.27. The van der Waals surface area contributed by atoms with Crippen LogP contribution in [0, 0.1) is 0 Å². The van der Waals surface area contributed by atoms with Gasteiger partial charge in [0.2, 0.25) is 5.88 Å². The van der Waals surface area contributed by atoms with Gasteiger partial charge in [-0.3, -0.25) is 9.78 Å². The Morgan fingerprint density at radius 1 is 1.03 bits per heavy atom. The number of aromatic nitrogens is 4. The molecule has 2 saturated carbocycles. The second-order valence-corrected chi connectivity index (χ2v) is 12.1. The van der Waals surface area contributed by atoms with Crippen LogP contribution in [0.4, 0.5) is 0 Å². The maximum Gasteiger partial charge on any atom is 0.233 e. The number of Topliss-reactive ketones (excluding diaryl/α,β-unsaturated/α-hetero) is 1. The average molecular weight is 493 g/mol. The van der Waals surface area contributed by atoms with Gasteiger partial charge in [0.1, 0.15) is 23.5 Å². The SMILES string of the molecule is CC(C)(C(=O)Cc1ccc(-c2cncc(OC3CC3)n2)cc1)c1ccnc(CS(=O)(=O)C2CC2)n1. The molecule has 9 heteroatoms. The zero-order valence-electron chi connectivity index (χ0n) is 19.8. The molecular formula is C26H28N4O4S. The normalized spacial score (nSPS) is 16.2. The summed E-state index contributed by atoms with van der Waals surface area (Å²) in [6, 6.07) is 9.35. The van der Waals surface area contributed by atoms with Crippen LogP contribution >= 0.6 is 0 Å². The summed E-state index contributed by atoms with van der Waals surface area (Å²) < 4.78 is 30.4. The molecule has 3 aromatic rings. The first kappa shape index (κ1) is 23.5. The van der Waals surface area contributed by atoms with Crippen LogP contribution < -0.4 is 4.74 Å². The number of hydrogen-bond donors (Lipinski definition) is 0. The standard InChI is InChI=1S/C26H28N4O4S/c1-26(2,22-11-12-28-24(30-22)16-35(32,33)20-9-10-20)23(31)13-17-3-5-18(6-4-17)21-14-27-15-25(29-21)34-19-7-8-19/h3-6,11-12,14-15,19-20H,7-10,13,16H2,1-2H3. The molecule has 0 unspecified atom stereocenters. The van der Waals surface area contributed by atoms with E-state index < -0.39 is 15.3 Å². The van der Waals surface area contributed by atoms with Gasteiger partial charge in [-0.25, -0.2) is 23.4 Å². The summed E-state index contributed by atoms with van der Waals surface area (Å²) in [6.07, 6.45) is 8.85. The van der Waals surface area contributed by atoms with Gasteiger partial charge in [0.05, 0.1) is 34.4 Å². The van der Waals surface area contributed by atoms with E-state index in [2.05, 4.69) is 19.9 Å². The maximum atomic E-state index is 13.2. The third-order valence-corrected chi connectivity index (χ3v) is 8.59. The van der Waals surface area contributed by atoms with Crippen LogP contribution in [0.15, 0.2) is 48.9 Å². The summed E-state index contributed by atoms with van der Waals surface area (Å²) in [7, 11) is -3.23. The molecule has 182 valence electrons. The second kappa shape index (κ2) is 9.11. The molecule has 2 fully saturated rings. The number of ketones is 1. The summed E-state index contributed by atoms with van der Waals surface area (Å²) in [5, 5.41) is -0.272. The van der Waals surface area contributed by atoms with Crippen molar-refractivity contribution in [3.05, 3.63) is 66.0 Å². The third kappa shape index (κ3) is 5.56. The van der Waals surface area contributed by atoms with Crippen LogP contribution in [0.1, 0.15) is 56.6 Å². The first-order chi connectivity index (χ1) is 16.7. The zero-order valence-corrected chi connectivity index (χ0v) is 20.7. The molecule has 2 aliphatic rings. The van der Waals surface area contributed by atoms with E-state index in [1.54, 1.807) is 18.5 Å². The average Bonchev–Trinajstić information content (AvgIpc) is 3.74. The van der Waals surface area contributed by atoms with E-state index in [4.69, 9.17) is 4.74 Å². The van der Waals surface area contributed by atoms with Gasteiger partial charge in [-0.15, -0.1) is 0 Å². The van der Waals surface area contributed by atoms with E-state index in [1.807, 2.05) is 38.1 Å². The molecule has 0 aliphatic heterocycles. The number of rotatable bonds is 10. The highest BCUT2D eigenvalue weighted by molar-refractivity contribution is 7.91. The van der Waals surface area contributed by atoms with Crippen LogP contribution in [0.25, 0.3) is 11.3 Å². The Labute approximate surface area is 205 Å². The number of ether oxygens (including phenoxy) is 1. The second-order valence-electron chi connectivity index (χ2n) is 9.85. The highest BCUT2D eigenvalue weighted by Crippen LogP contribution is 2.31. The largest absolute Gasteiger partial charge is 0.473 e. The fraction of sp³-hybridized carbons (Fsp3) is 0.423. The van der Waals surface area contributed by atoms with Gasteiger partial charge in [0.25, 0.3) is 0 Å². The van der Waals surface area contributed by atoms with Gasteiger partial charge in [-0.05, 0) is 51.2 Å². The van der Waals surface area contributed by atoms with Gasteiger partial charge in [0, 0.05) is 18.2 Å². The van der Waals surface area contributed by atoms with E-state index >= 15 is 0 Å². The number of carbonyl (C=O) groups is 1. The number of nitrogens with zero attached hydrogens (tertiary/aromatic N) is 4. The highest BCUT2D eigenvalue weighted by Gasteiger charge is 2.37. The van der Waals surface area contributed by atoms with E-state index in [0.29, 0.717) is 24.4 Å². The molecule has 1 aromatic carbocycles. The van der Waals surface area contributed by atoms with Crippen molar-refractivity contribution in [1.82, 2.24) is 19.9 Å². The van der Waals surface area contributed by atoms with Crippen LogP contribution in [-0.2, 0) is 32.2 Å². The minimum absolute atomic E-state index is 0.0143. The van der Waals surface area contributed by atoms with Crippen LogP contribution in [0.5, 0.6) is 5.88 Å². The number of sulfone groups is 1. The fourth-order valence-electron chi connectivity index (χ4n) is 3.78. The van der Waals surface area contributed by atoms with Crippen molar-refractivity contribution in [2.24, 2.45) is 0 Å². The van der Waals surface area contributed by atoms with Crippen molar-refractivity contribution in [2.75, 3.05) is 0 Å². The number of hydrogen-bond acceptors (Lipinski definition) is 8. The molecule has 0 atom stereocenters. The first-order valence-corrected chi connectivity index (χ1v) is 13.6. The Kier molecular flexibility index (Phi) is 6.13. The molecule has 2 aliphatic carbocycles. The predicted molar refractivity (Wildman–Crippen MR) is 131 cm³/mol. The molecule has 8 nitrogen and oxygen atoms in total. The highest BCUT2D eigenvalue weighted by atomic mass is 32.2. The molecule has 0 N–H and O–H groups in total. The summed E-state index contributed by atoms with van der Waals surface area (Å²) in [6.45, 7) is 3.62. The van der Waals surface area contributed by atoms with Crippen molar-refractivity contribution >= 4 is 15.6 Å². The van der Waals surface area contributed by atoms with Crippen LogP contribution in [-0.4, -0.2) is 45.5 Å². The lowest BCUT2D eigenvalue weighted by molar-refractivity contribution is -0.122. The maximum absolute atomic E-state index is 13.2. The predicted octanol–water partition coefficient (Wildman–Crippen LogP) is 3.64. The molecule has 2 aromatic heterocycles. The van der Waals surface area contributed by atoms with Gasteiger partial charge >= 0.3 is 0 Å². The van der Waals surface area contributed by atoms with Gasteiger partial charge < -0.3 is 4.74 Å². The van der Waals surface area contributed by atoms with Gasteiger partial charge in [-0.2, -0.15) is 0 Å². The van der Waals surface area contributed by atoms with E-state index in [9.17, 15) is 13.2 Å². The van der Waals surface area contributed by atoms with Crippen LogP contribution in [0.2, 0.25) is 0 Å². The lowest BCUT2D eigenvalue weighted by atomic mass is 9.81. The molecular weight excluding hydrogens is 464 g/mol. The fourth-order valence-corrected chi connectivity index (χ4v) is 5.37. The van der Waals surface area contributed by atoms with Crippen molar-refractivity contribution in [1.29, 1.82) is 0 Å². The number of carbonyl (C=O) groups excluding carboxylic acids is 1. The molecule has 5 rings (SSSR count). The molecule has 0 radical (unpaired) electrons. The third-order valence-electron chi connectivity index (χ3n) is 6.44. The smallest absolute Gasteiger partial charge is 0.233 e. The van der Waals surface area contributed by atoms with Crippen molar-refractivity contribution < 1.29 is 17.9 Å². The summed E-state index contributed by atoms with van der Waals surface area (Å²) >= 11 is 0. The Morgan fingerprint density at radius 2 is 1.77 bits per heavy atom.